The Labute approximate surface area is 279 Å². The summed E-state index contributed by atoms with van der Waals surface area (Å²) in [6.07, 6.45) is 2.89. The van der Waals surface area contributed by atoms with E-state index >= 15 is 0 Å². The number of hydrogen-bond acceptors (Lipinski definition) is 9. The van der Waals surface area contributed by atoms with Crippen LogP contribution in [0.15, 0.2) is 94.7 Å². The maximum Gasteiger partial charge on any atom is 0.264 e. The summed E-state index contributed by atoms with van der Waals surface area (Å²) < 4.78 is 29.3. The first kappa shape index (κ1) is 31.6. The molecular formula is C36H38N6O3S2. The minimum absolute atomic E-state index is 0.284. The Balaban J connectivity index is 1.28. The Hall–Kier alpha value is -4.03. The average molecular weight is 667 g/mol. The summed E-state index contributed by atoms with van der Waals surface area (Å²) in [4.78, 5) is 26.3. The third-order valence-electron chi connectivity index (χ3n) is 9.21. The summed E-state index contributed by atoms with van der Waals surface area (Å²) in [5, 5.41) is 7.42. The molecule has 4 heterocycles. The molecule has 2 fully saturated rings. The van der Waals surface area contributed by atoms with Crippen LogP contribution >= 0.6 is 11.8 Å². The van der Waals surface area contributed by atoms with Crippen LogP contribution in [0.25, 0.3) is 27.8 Å². The molecule has 3 aromatic carbocycles. The van der Waals surface area contributed by atoms with Crippen LogP contribution in [-0.4, -0.2) is 72.1 Å². The summed E-state index contributed by atoms with van der Waals surface area (Å²) in [5.74, 6) is 1.47. The zero-order valence-corrected chi connectivity index (χ0v) is 28.2. The molecule has 0 aliphatic carbocycles. The number of likely N-dealkylation sites (tertiary alicyclic amines) is 1. The Morgan fingerprint density at radius 2 is 1.72 bits per heavy atom. The third-order valence-corrected chi connectivity index (χ3v) is 12.9. The topological polar surface area (TPSA) is 109 Å². The first-order valence-corrected chi connectivity index (χ1v) is 18.6. The Morgan fingerprint density at radius 1 is 0.957 bits per heavy atom. The van der Waals surface area contributed by atoms with Crippen molar-refractivity contribution in [3.63, 3.8) is 0 Å². The number of fused-ring (bicyclic) bond motifs is 1. The molecule has 2 saturated heterocycles. The van der Waals surface area contributed by atoms with Gasteiger partial charge in [-0.05, 0) is 93.0 Å². The van der Waals surface area contributed by atoms with Crippen molar-refractivity contribution in [1.82, 2.24) is 24.8 Å². The first-order chi connectivity index (χ1) is 22.8. The molecule has 242 valence electrons. The fourth-order valence-corrected chi connectivity index (χ4v) is 9.67. The zero-order chi connectivity index (χ0) is 32.5. The minimum Gasteiger partial charge on any atom is -0.324 e. The van der Waals surface area contributed by atoms with Gasteiger partial charge in [-0.3, -0.25) is 9.36 Å². The van der Waals surface area contributed by atoms with Crippen LogP contribution in [0.1, 0.15) is 29.2 Å². The van der Waals surface area contributed by atoms with Gasteiger partial charge >= 0.3 is 0 Å². The molecule has 2 aliphatic rings. The van der Waals surface area contributed by atoms with Crippen LogP contribution < -0.4 is 16.2 Å². The lowest BCUT2D eigenvalue weighted by molar-refractivity contribution is 0.277. The highest BCUT2D eigenvalue weighted by Crippen LogP contribution is 2.34. The lowest BCUT2D eigenvalue weighted by Gasteiger charge is -2.29. The van der Waals surface area contributed by atoms with E-state index < -0.39 is 15.1 Å². The van der Waals surface area contributed by atoms with Crippen molar-refractivity contribution in [3.05, 3.63) is 107 Å². The number of sulfone groups is 1. The van der Waals surface area contributed by atoms with Gasteiger partial charge < -0.3 is 15.5 Å². The maximum absolute atomic E-state index is 14.4. The van der Waals surface area contributed by atoms with Crippen molar-refractivity contribution in [2.45, 2.75) is 35.2 Å². The first-order valence-electron chi connectivity index (χ1n) is 16.0. The number of rotatable bonds is 7. The number of piperidine rings is 1. The monoisotopic (exact) mass is 666 g/mol. The van der Waals surface area contributed by atoms with Gasteiger partial charge in [0.15, 0.2) is 15.5 Å². The molecule has 1 unspecified atom stereocenters. The quantitative estimate of drug-likeness (QED) is 0.225. The second-order valence-electron chi connectivity index (χ2n) is 12.3. The van der Waals surface area contributed by atoms with E-state index in [1.807, 2.05) is 67.3 Å². The normalized spacial score (nSPS) is 18.0. The zero-order valence-electron chi connectivity index (χ0n) is 26.5. The van der Waals surface area contributed by atoms with Crippen LogP contribution in [0.5, 0.6) is 0 Å². The average Bonchev–Trinajstić information content (AvgIpc) is 3.09. The molecular weight excluding hydrogens is 629 g/mol. The van der Waals surface area contributed by atoms with E-state index in [1.54, 1.807) is 35.9 Å². The number of aromatic nitrogens is 3. The van der Waals surface area contributed by atoms with Gasteiger partial charge in [0.1, 0.15) is 0 Å². The van der Waals surface area contributed by atoms with Gasteiger partial charge in [0.05, 0.1) is 15.8 Å². The predicted molar refractivity (Wildman–Crippen MR) is 191 cm³/mol. The molecule has 0 amide bonds. The summed E-state index contributed by atoms with van der Waals surface area (Å²) in [6, 6.07) is 24.7. The highest BCUT2D eigenvalue weighted by molar-refractivity contribution is 7.99. The van der Waals surface area contributed by atoms with Gasteiger partial charge in [0.2, 0.25) is 5.95 Å². The number of pyridine rings is 1. The largest absolute Gasteiger partial charge is 0.324 e. The molecule has 2 N–H and O–H groups in total. The highest BCUT2D eigenvalue weighted by atomic mass is 32.2. The smallest absolute Gasteiger partial charge is 0.264 e. The van der Waals surface area contributed by atoms with E-state index in [2.05, 4.69) is 32.7 Å². The third kappa shape index (κ3) is 6.32. The summed E-state index contributed by atoms with van der Waals surface area (Å²) in [6.45, 7) is 5.29. The van der Waals surface area contributed by atoms with Gasteiger partial charge in [0, 0.05) is 46.9 Å². The predicted octanol–water partition coefficient (Wildman–Crippen LogP) is 5.75. The molecule has 5 aromatic rings. The molecule has 0 spiro atoms. The number of hydrogen-bond donors (Lipinski definition) is 2. The second-order valence-corrected chi connectivity index (χ2v) is 15.8. The molecule has 2 aliphatic heterocycles. The molecule has 1 atom stereocenters. The highest BCUT2D eigenvalue weighted by Gasteiger charge is 2.32. The lowest BCUT2D eigenvalue weighted by atomic mass is 10.0. The van der Waals surface area contributed by atoms with Gasteiger partial charge in [-0.2, -0.15) is 16.7 Å². The molecule has 47 heavy (non-hydrogen) atoms. The standard InChI is InChI=1S/C36H38N6O3S2/c1-24-30(9-6-10-33(24)47(44,45)29-15-18-41(2)19-16-29)31-21-26-22-38-36(40-34(26)42(35(31)43)28-7-4-3-5-8-28)39-27-13-11-25(12-14-27)32-23-37-17-20-46-32/h3-14,21-22,29,32,37H,15-20,23H2,1-2H3,(H,38,39,40). The van der Waals surface area contributed by atoms with E-state index in [0.717, 1.165) is 37.6 Å². The van der Waals surface area contributed by atoms with Crippen molar-refractivity contribution in [1.29, 1.82) is 0 Å². The van der Waals surface area contributed by atoms with Crippen LogP contribution in [0, 0.1) is 6.92 Å². The number of thioether (sulfide) groups is 1. The second kappa shape index (κ2) is 13.2. The number of nitrogens with zero attached hydrogens (tertiary/aromatic N) is 4. The molecule has 0 bridgehead atoms. The molecule has 9 nitrogen and oxygen atoms in total. The van der Waals surface area contributed by atoms with Crippen LogP contribution in [0.4, 0.5) is 11.6 Å². The molecule has 0 saturated carbocycles. The minimum atomic E-state index is -3.58. The summed E-state index contributed by atoms with van der Waals surface area (Å²) >= 11 is 1.97. The Kier molecular flexibility index (Phi) is 8.89. The van der Waals surface area contributed by atoms with Crippen LogP contribution in [0.2, 0.25) is 0 Å². The van der Waals surface area contributed by atoms with Crippen molar-refractivity contribution in [2.75, 3.05) is 44.3 Å². The molecule has 11 heteroatoms. The Bertz CT molecular complexity index is 2070. The van der Waals surface area contributed by atoms with Gasteiger partial charge in [-0.15, -0.1) is 0 Å². The lowest BCUT2D eigenvalue weighted by Crippen LogP contribution is -2.37. The van der Waals surface area contributed by atoms with Gasteiger partial charge in [-0.1, -0.05) is 42.5 Å². The number of anilines is 2. The van der Waals surface area contributed by atoms with Crippen molar-refractivity contribution in [3.8, 4) is 16.8 Å². The number of benzene rings is 3. The van der Waals surface area contributed by atoms with Gasteiger partial charge in [0.25, 0.3) is 5.56 Å². The van der Waals surface area contributed by atoms with Crippen molar-refractivity contribution < 1.29 is 8.42 Å². The number of para-hydroxylation sites is 1. The van der Waals surface area contributed by atoms with E-state index in [-0.39, 0.29) is 10.5 Å². The summed E-state index contributed by atoms with van der Waals surface area (Å²) in [7, 11) is -1.57. The number of nitrogens with one attached hydrogen (secondary N) is 2. The fourth-order valence-electron chi connectivity index (χ4n) is 6.55. The van der Waals surface area contributed by atoms with Crippen LogP contribution in [0.3, 0.4) is 0 Å². The van der Waals surface area contributed by atoms with E-state index in [0.29, 0.717) is 57.5 Å². The van der Waals surface area contributed by atoms with E-state index in [9.17, 15) is 13.2 Å². The molecule has 0 radical (unpaired) electrons. The fraction of sp³-hybridized carbons (Fsp3) is 0.306. The van der Waals surface area contributed by atoms with Crippen molar-refractivity contribution >= 4 is 44.3 Å². The Morgan fingerprint density at radius 3 is 2.45 bits per heavy atom. The van der Waals surface area contributed by atoms with E-state index in [4.69, 9.17) is 4.98 Å². The van der Waals surface area contributed by atoms with Gasteiger partial charge in [-0.25, -0.2) is 13.4 Å². The van der Waals surface area contributed by atoms with Crippen LogP contribution in [-0.2, 0) is 9.84 Å². The van der Waals surface area contributed by atoms with Crippen molar-refractivity contribution in [2.24, 2.45) is 0 Å². The summed E-state index contributed by atoms with van der Waals surface area (Å²) in [5.41, 5.74) is 4.52. The van der Waals surface area contributed by atoms with E-state index in [1.165, 1.54) is 5.56 Å². The maximum atomic E-state index is 14.4. The molecule has 2 aromatic heterocycles. The SMILES string of the molecule is Cc1c(-c2cc3cnc(Nc4ccc(C5CNCCS5)cc4)nc3n(-c3ccccc3)c2=O)cccc1S(=O)(=O)C1CCN(C)CC1. The molecule has 7 rings (SSSR count).